The zero-order valence-corrected chi connectivity index (χ0v) is 22.9. The Labute approximate surface area is 237 Å². The fourth-order valence-electron chi connectivity index (χ4n) is 5.71. The van der Waals surface area contributed by atoms with Gasteiger partial charge in [-0.15, -0.1) is 0 Å². The number of anilines is 1. The maximum atomic E-state index is 14.6. The van der Waals surface area contributed by atoms with Gasteiger partial charge in [0.1, 0.15) is 17.5 Å². The van der Waals surface area contributed by atoms with Crippen molar-refractivity contribution in [2.24, 2.45) is 11.7 Å². The van der Waals surface area contributed by atoms with Gasteiger partial charge in [0, 0.05) is 65.3 Å². The zero-order chi connectivity index (χ0) is 28.9. The summed E-state index contributed by atoms with van der Waals surface area (Å²) >= 11 is 0. The van der Waals surface area contributed by atoms with Crippen LogP contribution < -0.4 is 20.4 Å². The first-order valence-electron chi connectivity index (χ1n) is 13.3. The van der Waals surface area contributed by atoms with Crippen molar-refractivity contribution in [3.63, 3.8) is 0 Å². The van der Waals surface area contributed by atoms with Crippen molar-refractivity contribution in [2.75, 3.05) is 19.5 Å². The van der Waals surface area contributed by atoms with Gasteiger partial charge >= 0.3 is 11.9 Å². The molecule has 0 aromatic heterocycles. The molecule has 8 nitrogen and oxygen atoms in total. The van der Waals surface area contributed by atoms with Crippen LogP contribution in [-0.4, -0.2) is 32.1 Å². The number of quaternary nitrogens is 1. The number of esters is 1. The van der Waals surface area contributed by atoms with Gasteiger partial charge in [0.25, 0.3) is 0 Å². The molecule has 3 aromatic carbocycles. The van der Waals surface area contributed by atoms with Crippen LogP contribution in [0.2, 0.25) is 0 Å². The summed E-state index contributed by atoms with van der Waals surface area (Å²) in [5.41, 5.74) is 12.5. The van der Waals surface area contributed by atoms with Crippen LogP contribution in [0.15, 0.2) is 102 Å². The van der Waals surface area contributed by atoms with Crippen LogP contribution >= 0.6 is 0 Å². The van der Waals surface area contributed by atoms with E-state index >= 15 is 0 Å². The number of nitrogens with one attached hydrogen (secondary N) is 1. The second-order valence-electron chi connectivity index (χ2n) is 10.3. The summed E-state index contributed by atoms with van der Waals surface area (Å²) in [6.07, 6.45) is 6.08. The normalized spacial score (nSPS) is 23.2. The molecule has 1 aliphatic carbocycles. The van der Waals surface area contributed by atoms with Gasteiger partial charge in [-0.1, -0.05) is 25.1 Å². The largest absolute Gasteiger partial charge is 0.614 e. The van der Waals surface area contributed by atoms with E-state index in [1.807, 2.05) is 50.4 Å². The molecule has 3 unspecified atom stereocenters. The number of hydrogen-bond acceptors (Lipinski definition) is 7. The summed E-state index contributed by atoms with van der Waals surface area (Å²) in [6.45, 7) is 1.94. The molecule has 0 spiro atoms. The van der Waals surface area contributed by atoms with Crippen LogP contribution in [-0.2, 0) is 14.3 Å². The van der Waals surface area contributed by atoms with E-state index in [2.05, 4.69) is 5.32 Å². The third kappa shape index (κ3) is 4.34. The van der Waals surface area contributed by atoms with Crippen LogP contribution in [0.25, 0.3) is 11.1 Å². The fourth-order valence-corrected chi connectivity index (χ4v) is 5.71. The predicted molar refractivity (Wildman–Crippen MR) is 160 cm³/mol. The molecule has 3 N–H and O–H groups in total. The number of rotatable bonds is 5. The summed E-state index contributed by atoms with van der Waals surface area (Å²) in [4.78, 5) is 26.1. The van der Waals surface area contributed by atoms with Crippen molar-refractivity contribution in [3.8, 4) is 5.75 Å². The lowest BCUT2D eigenvalue weighted by Crippen LogP contribution is -2.45. The highest BCUT2D eigenvalue weighted by Crippen LogP contribution is 2.47. The molecule has 0 bridgehead atoms. The molecule has 3 aliphatic rings. The Balaban J connectivity index is 1.42. The molecular weight excluding hydrogens is 518 g/mol. The molecule has 0 saturated heterocycles. The van der Waals surface area contributed by atoms with E-state index < -0.39 is 22.6 Å². The van der Waals surface area contributed by atoms with Crippen LogP contribution in [0.5, 0.6) is 5.75 Å². The van der Waals surface area contributed by atoms with E-state index in [9.17, 15) is 14.8 Å². The van der Waals surface area contributed by atoms with Gasteiger partial charge in [0.2, 0.25) is 0 Å². The van der Waals surface area contributed by atoms with Crippen molar-refractivity contribution in [2.45, 2.75) is 13.0 Å². The second-order valence-corrected chi connectivity index (χ2v) is 10.3. The number of hydroxylamine groups is 1. The summed E-state index contributed by atoms with van der Waals surface area (Å²) in [5, 5.41) is 17.7. The standard InChI is InChI=1S/C33H29N3O5/c1-19-14-22(34)15-29-27(18-32(38)41-33(19)29)21-6-10-24(11-7-21)36(39)30-13-12-25(40-3)16-28(30)26(17-31(36)37)20-4-8-23(35-2)9-5-20/h4-19,33,35H,34H2,1-3H3. The number of carbonyl (C=O) groups excluding carboxylic acids is 2. The maximum Gasteiger partial charge on any atom is 0.349 e. The highest BCUT2D eigenvalue weighted by Gasteiger charge is 2.40. The average molecular weight is 548 g/mol. The Morgan fingerprint density at radius 1 is 0.927 bits per heavy atom. The van der Waals surface area contributed by atoms with E-state index in [1.165, 1.54) is 12.2 Å². The molecule has 2 heterocycles. The van der Waals surface area contributed by atoms with Gasteiger partial charge in [-0.3, -0.25) is 0 Å². The molecule has 8 heteroatoms. The second kappa shape index (κ2) is 9.92. The van der Waals surface area contributed by atoms with E-state index in [0.717, 1.165) is 22.4 Å². The number of benzene rings is 3. The van der Waals surface area contributed by atoms with Crippen LogP contribution in [0.4, 0.5) is 17.1 Å². The highest BCUT2D eigenvalue weighted by atomic mass is 16.6. The molecule has 0 fully saturated rings. The van der Waals surface area contributed by atoms with Crippen molar-refractivity contribution >= 4 is 40.1 Å². The lowest BCUT2D eigenvalue weighted by molar-refractivity contribution is -0.143. The minimum atomic E-state index is -1.29. The summed E-state index contributed by atoms with van der Waals surface area (Å²) < 4.78 is 9.73. The summed E-state index contributed by atoms with van der Waals surface area (Å²) in [6, 6.07) is 19.5. The van der Waals surface area contributed by atoms with Gasteiger partial charge in [-0.2, -0.15) is 0 Å². The number of nitrogens with two attached hydrogens (primary N) is 1. The molecular formula is C33H29N3O5. The molecule has 0 radical (unpaired) electrons. The minimum Gasteiger partial charge on any atom is -0.614 e. The van der Waals surface area contributed by atoms with Crippen molar-refractivity contribution in [3.05, 3.63) is 124 Å². The van der Waals surface area contributed by atoms with Crippen molar-refractivity contribution in [1.29, 1.82) is 0 Å². The third-order valence-electron chi connectivity index (χ3n) is 7.82. The van der Waals surface area contributed by atoms with Crippen LogP contribution in [0.1, 0.15) is 23.6 Å². The predicted octanol–water partition coefficient (Wildman–Crippen LogP) is 5.57. The number of allylic oxidation sites excluding steroid dienone is 1. The Morgan fingerprint density at radius 3 is 2.29 bits per heavy atom. The van der Waals surface area contributed by atoms with Crippen molar-refractivity contribution < 1.29 is 19.1 Å². The first-order valence-corrected chi connectivity index (χ1v) is 13.3. The number of methoxy groups -OCH3 is 1. The van der Waals surface area contributed by atoms with Crippen LogP contribution in [0.3, 0.4) is 0 Å². The number of fused-ring (bicyclic) bond motifs is 2. The van der Waals surface area contributed by atoms with Gasteiger partial charge < -0.3 is 25.7 Å². The summed E-state index contributed by atoms with van der Waals surface area (Å²) in [5.74, 6) is -0.557. The van der Waals surface area contributed by atoms with Gasteiger partial charge in [-0.05, 0) is 59.2 Å². The van der Waals surface area contributed by atoms with E-state index in [1.54, 1.807) is 49.6 Å². The molecule has 2 aliphatic heterocycles. The summed E-state index contributed by atoms with van der Waals surface area (Å²) in [7, 11) is 3.39. The SMILES string of the molecule is CNc1ccc(C2=CC(=O)[N+]([O-])(c3ccc(C4=CC(=O)OC5C4=CC(N)=CC5C)cc3)c3ccc(OC)cc32)cc1. The maximum absolute atomic E-state index is 14.6. The Bertz CT molecular complexity index is 1700. The topological polar surface area (TPSA) is 114 Å². The molecule has 0 saturated carbocycles. The number of carbonyl (C=O) groups is 2. The molecule has 1 amide bonds. The van der Waals surface area contributed by atoms with Gasteiger partial charge in [0.15, 0.2) is 5.69 Å². The smallest absolute Gasteiger partial charge is 0.349 e. The van der Waals surface area contributed by atoms with Gasteiger partial charge in [-0.25, -0.2) is 14.2 Å². The number of amides is 1. The first-order chi connectivity index (χ1) is 19.7. The number of nitrogens with zero attached hydrogens (tertiary/aromatic N) is 1. The molecule has 3 aromatic rings. The number of ether oxygens (including phenoxy) is 2. The quantitative estimate of drug-likeness (QED) is 0.244. The Morgan fingerprint density at radius 2 is 1.61 bits per heavy atom. The zero-order valence-electron chi connectivity index (χ0n) is 22.9. The van der Waals surface area contributed by atoms with Gasteiger partial charge in [0.05, 0.1) is 13.2 Å². The first kappa shape index (κ1) is 26.3. The Hall–Kier alpha value is -4.92. The lowest BCUT2D eigenvalue weighted by atomic mass is 9.82. The minimum absolute atomic E-state index is 0.0766. The van der Waals surface area contributed by atoms with E-state index in [4.69, 9.17) is 15.2 Å². The van der Waals surface area contributed by atoms with E-state index in [0.29, 0.717) is 33.8 Å². The number of hydrogen-bond donors (Lipinski definition) is 2. The monoisotopic (exact) mass is 547 g/mol. The average Bonchev–Trinajstić information content (AvgIpc) is 2.99. The molecule has 6 rings (SSSR count). The Kier molecular flexibility index (Phi) is 6.37. The highest BCUT2D eigenvalue weighted by molar-refractivity contribution is 6.14. The van der Waals surface area contributed by atoms with E-state index in [-0.39, 0.29) is 11.6 Å². The van der Waals surface area contributed by atoms with Crippen LogP contribution in [0, 0.1) is 11.1 Å². The third-order valence-corrected chi connectivity index (χ3v) is 7.82. The van der Waals surface area contributed by atoms with Crippen molar-refractivity contribution in [1.82, 2.24) is 4.65 Å². The molecule has 41 heavy (non-hydrogen) atoms. The lowest BCUT2D eigenvalue weighted by Gasteiger charge is -2.41. The fraction of sp³-hybridized carbons (Fsp3) is 0.152. The molecule has 3 atom stereocenters. The molecule has 206 valence electrons.